The molecule has 1 aliphatic rings. The number of amides is 1. The van der Waals surface area contributed by atoms with Crippen molar-refractivity contribution >= 4 is 18.3 Å². The highest BCUT2D eigenvalue weighted by molar-refractivity contribution is 5.85. The Morgan fingerprint density at radius 2 is 2.35 bits per heavy atom. The lowest BCUT2D eigenvalue weighted by atomic mass is 10.2. The average Bonchev–Trinajstić information content (AvgIpc) is 2.88. The van der Waals surface area contributed by atoms with Gasteiger partial charge in [0.2, 0.25) is 5.91 Å². The number of carbonyl (C=O) groups is 1. The fourth-order valence-electron chi connectivity index (χ4n) is 2.04. The van der Waals surface area contributed by atoms with Gasteiger partial charge in [0, 0.05) is 7.05 Å². The molecule has 1 aliphatic heterocycles. The molecule has 2 rings (SSSR count). The number of carbonyl (C=O) groups excluding carboxylic acids is 1. The summed E-state index contributed by atoms with van der Waals surface area (Å²) in [4.78, 5) is 13.7. The maximum Gasteiger partial charge on any atom is 0.239 e. The summed E-state index contributed by atoms with van der Waals surface area (Å²) in [5.41, 5.74) is 0. The Labute approximate surface area is 108 Å². The highest BCUT2D eigenvalue weighted by Gasteiger charge is 2.25. The molecule has 96 valence electrons. The summed E-state index contributed by atoms with van der Waals surface area (Å²) in [6.07, 6.45) is 2.03. The number of halogens is 1. The highest BCUT2D eigenvalue weighted by atomic mass is 35.5. The first-order valence-electron chi connectivity index (χ1n) is 5.70. The largest absolute Gasteiger partial charge is 0.464 e. The number of hydrogen-bond donors (Lipinski definition) is 1. The maximum absolute atomic E-state index is 12.0. The van der Waals surface area contributed by atoms with Gasteiger partial charge in [-0.05, 0) is 38.4 Å². The van der Waals surface area contributed by atoms with Crippen LogP contribution in [0.4, 0.5) is 0 Å². The number of aryl methyl sites for hydroxylation is 1. The van der Waals surface area contributed by atoms with Gasteiger partial charge in [0.1, 0.15) is 11.5 Å². The van der Waals surface area contributed by atoms with Crippen LogP contribution in [0, 0.1) is 6.92 Å². The first kappa shape index (κ1) is 14.1. The van der Waals surface area contributed by atoms with Crippen molar-refractivity contribution in [1.82, 2.24) is 10.2 Å². The SMILES string of the molecule is Cc1ccc(CN(C)C(=O)[C@@H]2CCCN2)o1.Cl. The van der Waals surface area contributed by atoms with Gasteiger partial charge in [-0.3, -0.25) is 4.79 Å². The molecule has 1 aromatic rings. The second kappa shape index (κ2) is 6.07. The molecule has 4 nitrogen and oxygen atoms in total. The molecule has 1 amide bonds. The van der Waals surface area contributed by atoms with Crippen LogP contribution in [0.5, 0.6) is 0 Å². The van der Waals surface area contributed by atoms with Crippen LogP contribution in [0.15, 0.2) is 16.5 Å². The second-order valence-corrected chi connectivity index (χ2v) is 4.36. The Morgan fingerprint density at radius 3 is 2.88 bits per heavy atom. The Morgan fingerprint density at radius 1 is 1.59 bits per heavy atom. The van der Waals surface area contributed by atoms with Crippen LogP contribution in [0.1, 0.15) is 24.4 Å². The molecule has 1 fully saturated rings. The van der Waals surface area contributed by atoms with Gasteiger partial charge < -0.3 is 14.6 Å². The zero-order valence-corrected chi connectivity index (χ0v) is 11.0. The Bertz CT molecular complexity index is 372. The summed E-state index contributed by atoms with van der Waals surface area (Å²) < 4.78 is 5.45. The molecule has 2 heterocycles. The van der Waals surface area contributed by atoms with Crippen LogP contribution in [0.3, 0.4) is 0 Å². The van der Waals surface area contributed by atoms with Gasteiger partial charge in [-0.2, -0.15) is 0 Å². The monoisotopic (exact) mass is 258 g/mol. The standard InChI is InChI=1S/C12H18N2O2.ClH/c1-9-5-6-10(16-9)8-14(2)12(15)11-4-3-7-13-11;/h5-6,11,13H,3-4,7-8H2,1-2H3;1H/t11-;/m0./s1. The summed E-state index contributed by atoms with van der Waals surface area (Å²) >= 11 is 0. The molecule has 0 unspecified atom stereocenters. The first-order valence-corrected chi connectivity index (χ1v) is 5.70. The summed E-state index contributed by atoms with van der Waals surface area (Å²) in [5, 5.41) is 3.21. The fraction of sp³-hybridized carbons (Fsp3) is 0.583. The number of furan rings is 1. The molecular weight excluding hydrogens is 240 g/mol. The lowest BCUT2D eigenvalue weighted by Crippen LogP contribution is -2.41. The van der Waals surface area contributed by atoms with Crippen molar-refractivity contribution in [1.29, 1.82) is 0 Å². The van der Waals surface area contributed by atoms with Gasteiger partial charge in [0.15, 0.2) is 0 Å². The molecule has 1 saturated heterocycles. The molecule has 1 N–H and O–H groups in total. The minimum absolute atomic E-state index is 0. The lowest BCUT2D eigenvalue weighted by Gasteiger charge is -2.19. The predicted molar refractivity (Wildman–Crippen MR) is 68.2 cm³/mol. The van der Waals surface area contributed by atoms with Crippen molar-refractivity contribution in [2.24, 2.45) is 0 Å². The minimum atomic E-state index is 0. The average molecular weight is 259 g/mol. The molecule has 0 bridgehead atoms. The molecular formula is C12H19ClN2O2. The van der Waals surface area contributed by atoms with E-state index in [9.17, 15) is 4.79 Å². The van der Waals surface area contributed by atoms with Crippen LogP contribution in [-0.4, -0.2) is 30.4 Å². The van der Waals surface area contributed by atoms with Crippen LogP contribution in [0.25, 0.3) is 0 Å². The predicted octanol–water partition coefficient (Wildman–Crippen LogP) is 1.72. The molecule has 0 saturated carbocycles. The molecule has 5 heteroatoms. The van der Waals surface area contributed by atoms with E-state index in [-0.39, 0.29) is 24.4 Å². The summed E-state index contributed by atoms with van der Waals surface area (Å²) in [7, 11) is 1.82. The van der Waals surface area contributed by atoms with E-state index >= 15 is 0 Å². The molecule has 0 aliphatic carbocycles. The minimum Gasteiger partial charge on any atom is -0.464 e. The van der Waals surface area contributed by atoms with Gasteiger partial charge in [0.05, 0.1) is 12.6 Å². The Hall–Kier alpha value is -1.00. The number of nitrogens with zero attached hydrogens (tertiary/aromatic N) is 1. The van der Waals surface area contributed by atoms with Gasteiger partial charge in [-0.15, -0.1) is 12.4 Å². The molecule has 17 heavy (non-hydrogen) atoms. The Balaban J connectivity index is 0.00000144. The van der Waals surface area contributed by atoms with E-state index in [2.05, 4.69) is 5.32 Å². The van der Waals surface area contributed by atoms with Crippen molar-refractivity contribution in [3.8, 4) is 0 Å². The zero-order chi connectivity index (χ0) is 11.5. The van der Waals surface area contributed by atoms with Crippen LogP contribution >= 0.6 is 12.4 Å². The number of nitrogens with one attached hydrogen (secondary N) is 1. The number of hydrogen-bond acceptors (Lipinski definition) is 3. The van der Waals surface area contributed by atoms with Crippen molar-refractivity contribution in [2.45, 2.75) is 32.4 Å². The van der Waals surface area contributed by atoms with Gasteiger partial charge in [-0.1, -0.05) is 0 Å². The highest BCUT2D eigenvalue weighted by Crippen LogP contribution is 2.12. The van der Waals surface area contributed by atoms with Crippen LogP contribution in [-0.2, 0) is 11.3 Å². The van der Waals surface area contributed by atoms with Gasteiger partial charge in [0.25, 0.3) is 0 Å². The fourth-order valence-corrected chi connectivity index (χ4v) is 2.04. The van der Waals surface area contributed by atoms with E-state index in [1.807, 2.05) is 26.1 Å². The van der Waals surface area contributed by atoms with E-state index in [1.165, 1.54) is 0 Å². The van der Waals surface area contributed by atoms with E-state index in [4.69, 9.17) is 4.42 Å². The molecule has 0 aromatic carbocycles. The van der Waals surface area contributed by atoms with Crippen molar-refractivity contribution in [3.63, 3.8) is 0 Å². The Kier molecular flexibility index (Phi) is 5.02. The van der Waals surface area contributed by atoms with E-state index < -0.39 is 0 Å². The molecule has 1 aromatic heterocycles. The normalized spacial score (nSPS) is 18.8. The quantitative estimate of drug-likeness (QED) is 0.898. The zero-order valence-electron chi connectivity index (χ0n) is 10.2. The number of rotatable bonds is 3. The third-order valence-corrected chi connectivity index (χ3v) is 2.92. The molecule has 0 radical (unpaired) electrons. The third kappa shape index (κ3) is 3.48. The van der Waals surface area contributed by atoms with Crippen molar-refractivity contribution in [3.05, 3.63) is 23.7 Å². The second-order valence-electron chi connectivity index (χ2n) is 4.36. The van der Waals surface area contributed by atoms with Crippen LogP contribution in [0.2, 0.25) is 0 Å². The topological polar surface area (TPSA) is 45.5 Å². The first-order chi connectivity index (χ1) is 7.66. The molecule has 0 spiro atoms. The summed E-state index contributed by atoms with van der Waals surface area (Å²) in [5.74, 6) is 1.88. The van der Waals surface area contributed by atoms with Crippen molar-refractivity contribution in [2.75, 3.05) is 13.6 Å². The van der Waals surface area contributed by atoms with Gasteiger partial charge >= 0.3 is 0 Å². The number of likely N-dealkylation sites (N-methyl/N-ethyl adjacent to an activating group) is 1. The third-order valence-electron chi connectivity index (χ3n) is 2.92. The van der Waals surface area contributed by atoms with E-state index in [0.29, 0.717) is 6.54 Å². The molecule has 1 atom stereocenters. The maximum atomic E-state index is 12.0. The van der Waals surface area contributed by atoms with E-state index in [0.717, 1.165) is 30.9 Å². The summed E-state index contributed by atoms with van der Waals surface area (Å²) in [6, 6.07) is 3.84. The lowest BCUT2D eigenvalue weighted by molar-refractivity contribution is -0.132. The van der Waals surface area contributed by atoms with Crippen molar-refractivity contribution < 1.29 is 9.21 Å². The smallest absolute Gasteiger partial charge is 0.239 e. The van der Waals surface area contributed by atoms with Crippen LogP contribution < -0.4 is 5.32 Å². The summed E-state index contributed by atoms with van der Waals surface area (Å²) in [6.45, 7) is 3.40. The van der Waals surface area contributed by atoms with Gasteiger partial charge in [-0.25, -0.2) is 0 Å². The van der Waals surface area contributed by atoms with E-state index in [1.54, 1.807) is 4.90 Å².